The maximum Gasteiger partial charge on any atom is 0.243 e. The highest BCUT2D eigenvalue weighted by molar-refractivity contribution is 7.89. The zero-order chi connectivity index (χ0) is 19.4. The minimum Gasteiger partial charge on any atom is -0.350 e. The standard InChI is InChI=1S/C18H23ClN4O3S/c1-2-23-16(7-10-21-23)13-20-18(24)14-8-11-22(12-9-14)27(25,26)17-5-3-15(19)4-6-17/h3-7,10,14H,2,8-9,11-13H2,1H3,(H,20,24). The van der Waals surface area contributed by atoms with Crippen molar-refractivity contribution in [1.29, 1.82) is 0 Å². The highest BCUT2D eigenvalue weighted by Crippen LogP contribution is 2.25. The van der Waals surface area contributed by atoms with Crippen molar-refractivity contribution in [1.82, 2.24) is 19.4 Å². The molecular formula is C18H23ClN4O3S. The molecule has 1 aromatic heterocycles. The van der Waals surface area contributed by atoms with Crippen molar-refractivity contribution in [2.75, 3.05) is 13.1 Å². The zero-order valence-electron chi connectivity index (χ0n) is 15.1. The minimum atomic E-state index is -3.55. The molecule has 1 N–H and O–H groups in total. The van der Waals surface area contributed by atoms with E-state index >= 15 is 0 Å². The van der Waals surface area contributed by atoms with Crippen molar-refractivity contribution >= 4 is 27.5 Å². The fourth-order valence-electron chi connectivity index (χ4n) is 3.23. The van der Waals surface area contributed by atoms with E-state index in [2.05, 4.69) is 10.4 Å². The second-order valence-corrected chi connectivity index (χ2v) is 8.86. The van der Waals surface area contributed by atoms with Crippen LogP contribution in [0.5, 0.6) is 0 Å². The molecule has 1 saturated heterocycles. The van der Waals surface area contributed by atoms with Crippen LogP contribution in [0, 0.1) is 5.92 Å². The number of sulfonamides is 1. The molecule has 27 heavy (non-hydrogen) atoms. The van der Waals surface area contributed by atoms with Crippen LogP contribution >= 0.6 is 11.6 Å². The van der Waals surface area contributed by atoms with Crippen LogP contribution in [0.3, 0.4) is 0 Å². The Labute approximate surface area is 164 Å². The Kier molecular flexibility index (Phi) is 6.18. The number of carbonyl (C=O) groups excluding carboxylic acids is 1. The van der Waals surface area contributed by atoms with E-state index in [4.69, 9.17) is 11.6 Å². The fourth-order valence-corrected chi connectivity index (χ4v) is 4.83. The Morgan fingerprint density at radius 2 is 1.89 bits per heavy atom. The van der Waals surface area contributed by atoms with E-state index in [1.807, 2.05) is 17.7 Å². The molecule has 0 atom stereocenters. The lowest BCUT2D eigenvalue weighted by molar-refractivity contribution is -0.126. The van der Waals surface area contributed by atoms with Crippen LogP contribution in [0.25, 0.3) is 0 Å². The van der Waals surface area contributed by atoms with E-state index in [1.165, 1.54) is 16.4 Å². The molecule has 2 aromatic rings. The summed E-state index contributed by atoms with van der Waals surface area (Å²) in [6.45, 7) is 3.83. The van der Waals surface area contributed by atoms with Gasteiger partial charge in [-0.1, -0.05) is 11.6 Å². The van der Waals surface area contributed by atoms with Gasteiger partial charge in [-0.2, -0.15) is 9.40 Å². The van der Waals surface area contributed by atoms with E-state index in [-0.39, 0.29) is 16.7 Å². The van der Waals surface area contributed by atoms with E-state index in [0.29, 0.717) is 37.5 Å². The molecule has 0 saturated carbocycles. The first-order chi connectivity index (χ1) is 12.9. The smallest absolute Gasteiger partial charge is 0.243 e. The summed E-state index contributed by atoms with van der Waals surface area (Å²) in [5.74, 6) is -0.220. The van der Waals surface area contributed by atoms with Crippen molar-refractivity contribution < 1.29 is 13.2 Å². The Morgan fingerprint density at radius 1 is 1.22 bits per heavy atom. The molecule has 9 heteroatoms. The number of benzene rings is 1. The van der Waals surface area contributed by atoms with Crippen molar-refractivity contribution in [3.63, 3.8) is 0 Å². The van der Waals surface area contributed by atoms with Crippen LogP contribution in [0.15, 0.2) is 41.4 Å². The second-order valence-electron chi connectivity index (χ2n) is 6.49. The third-order valence-corrected chi connectivity index (χ3v) is 6.99. The van der Waals surface area contributed by atoms with Gasteiger partial charge in [0, 0.05) is 36.8 Å². The second kappa shape index (κ2) is 8.41. The predicted molar refractivity (Wildman–Crippen MR) is 103 cm³/mol. The molecule has 1 amide bonds. The van der Waals surface area contributed by atoms with Gasteiger partial charge in [0.15, 0.2) is 0 Å². The fraction of sp³-hybridized carbons (Fsp3) is 0.444. The third-order valence-electron chi connectivity index (χ3n) is 4.82. The summed E-state index contributed by atoms with van der Waals surface area (Å²) in [6.07, 6.45) is 2.72. The lowest BCUT2D eigenvalue weighted by atomic mass is 9.97. The van der Waals surface area contributed by atoms with Crippen LogP contribution in [-0.4, -0.2) is 41.5 Å². The van der Waals surface area contributed by atoms with Crippen molar-refractivity contribution in [2.24, 2.45) is 5.92 Å². The van der Waals surface area contributed by atoms with E-state index < -0.39 is 10.0 Å². The Balaban J connectivity index is 1.55. The van der Waals surface area contributed by atoms with Crippen LogP contribution in [-0.2, 0) is 27.9 Å². The first-order valence-electron chi connectivity index (χ1n) is 8.96. The summed E-state index contributed by atoms with van der Waals surface area (Å²) in [5.41, 5.74) is 0.952. The highest BCUT2D eigenvalue weighted by Gasteiger charge is 2.32. The van der Waals surface area contributed by atoms with Crippen molar-refractivity contribution in [3.8, 4) is 0 Å². The Hall–Kier alpha value is -1.90. The Bertz CT molecular complexity index is 888. The molecule has 3 rings (SSSR count). The normalized spacial score (nSPS) is 16.4. The molecule has 0 radical (unpaired) electrons. The number of aromatic nitrogens is 2. The zero-order valence-corrected chi connectivity index (χ0v) is 16.7. The van der Waals surface area contributed by atoms with Crippen LogP contribution in [0.4, 0.5) is 0 Å². The number of hydrogen-bond acceptors (Lipinski definition) is 4. The van der Waals surface area contributed by atoms with Gasteiger partial charge >= 0.3 is 0 Å². The molecule has 7 nitrogen and oxygen atoms in total. The van der Waals surface area contributed by atoms with Gasteiger partial charge in [0.25, 0.3) is 0 Å². The number of rotatable bonds is 6. The number of amides is 1. The van der Waals surface area contributed by atoms with E-state index in [0.717, 1.165) is 12.2 Å². The van der Waals surface area contributed by atoms with Gasteiger partial charge in [-0.05, 0) is 50.1 Å². The topological polar surface area (TPSA) is 84.3 Å². The number of aryl methyl sites for hydroxylation is 1. The molecule has 0 bridgehead atoms. The third kappa shape index (κ3) is 4.51. The van der Waals surface area contributed by atoms with Crippen LogP contribution in [0.2, 0.25) is 5.02 Å². The number of carbonyl (C=O) groups is 1. The van der Waals surface area contributed by atoms with E-state index in [9.17, 15) is 13.2 Å². The molecular weight excluding hydrogens is 388 g/mol. The predicted octanol–water partition coefficient (Wildman–Crippen LogP) is 2.27. The first-order valence-corrected chi connectivity index (χ1v) is 10.8. The molecule has 1 aromatic carbocycles. The van der Waals surface area contributed by atoms with E-state index in [1.54, 1.807) is 18.3 Å². The number of halogens is 1. The van der Waals surface area contributed by atoms with Crippen LogP contribution in [0.1, 0.15) is 25.5 Å². The summed E-state index contributed by atoms with van der Waals surface area (Å²) in [6, 6.07) is 8.02. The van der Waals surface area contributed by atoms with Crippen molar-refractivity contribution in [3.05, 3.63) is 47.2 Å². The summed E-state index contributed by atoms with van der Waals surface area (Å²) >= 11 is 5.83. The van der Waals surface area contributed by atoms with Crippen molar-refractivity contribution in [2.45, 2.75) is 37.8 Å². The molecule has 1 fully saturated rings. The molecule has 0 aliphatic carbocycles. The number of hydrogen-bond donors (Lipinski definition) is 1. The lowest BCUT2D eigenvalue weighted by Gasteiger charge is -2.30. The first kappa shape index (κ1) is 19.9. The number of nitrogens with one attached hydrogen (secondary N) is 1. The average molecular weight is 411 g/mol. The summed E-state index contributed by atoms with van der Waals surface area (Å²) in [4.78, 5) is 12.7. The summed E-state index contributed by atoms with van der Waals surface area (Å²) < 4.78 is 28.7. The number of nitrogens with zero attached hydrogens (tertiary/aromatic N) is 3. The molecule has 2 heterocycles. The van der Waals surface area contributed by atoms with Gasteiger partial charge in [-0.25, -0.2) is 8.42 Å². The molecule has 0 spiro atoms. The van der Waals surface area contributed by atoms with Crippen LogP contribution < -0.4 is 5.32 Å². The summed E-state index contributed by atoms with van der Waals surface area (Å²) in [5, 5.41) is 7.61. The molecule has 0 unspecified atom stereocenters. The molecule has 1 aliphatic rings. The molecule has 1 aliphatic heterocycles. The van der Waals surface area contributed by atoms with Gasteiger partial charge in [0.1, 0.15) is 0 Å². The van der Waals surface area contributed by atoms with Gasteiger partial charge in [-0.15, -0.1) is 0 Å². The van der Waals surface area contributed by atoms with Gasteiger partial charge in [0.2, 0.25) is 15.9 Å². The SMILES string of the molecule is CCn1nccc1CNC(=O)C1CCN(S(=O)(=O)c2ccc(Cl)cc2)CC1. The monoisotopic (exact) mass is 410 g/mol. The number of piperidine rings is 1. The minimum absolute atomic E-state index is 0.0395. The van der Waals surface area contributed by atoms with Gasteiger partial charge < -0.3 is 5.32 Å². The highest BCUT2D eigenvalue weighted by atomic mass is 35.5. The summed E-state index contributed by atoms with van der Waals surface area (Å²) in [7, 11) is -3.55. The van der Waals surface area contributed by atoms with Gasteiger partial charge in [-0.3, -0.25) is 9.48 Å². The molecule has 146 valence electrons. The largest absolute Gasteiger partial charge is 0.350 e. The maximum absolute atomic E-state index is 12.7. The average Bonchev–Trinajstić information content (AvgIpc) is 3.14. The lowest BCUT2D eigenvalue weighted by Crippen LogP contribution is -2.42. The maximum atomic E-state index is 12.7. The van der Waals surface area contributed by atoms with Gasteiger partial charge in [0.05, 0.1) is 17.1 Å². The Morgan fingerprint density at radius 3 is 2.52 bits per heavy atom. The quantitative estimate of drug-likeness (QED) is 0.791.